The highest BCUT2D eigenvalue weighted by Gasteiger charge is 2.56. The molecular weight excluding hydrogens is 442 g/mol. The summed E-state index contributed by atoms with van der Waals surface area (Å²) >= 11 is 2.89. The molecule has 2 aromatic heterocycles. The number of nitrogens with zero attached hydrogens (tertiary/aromatic N) is 2. The highest BCUT2D eigenvalue weighted by molar-refractivity contribution is 7.99. The van der Waals surface area contributed by atoms with Crippen LogP contribution in [0.1, 0.15) is 40.9 Å². The first-order chi connectivity index (χ1) is 15.5. The molecule has 0 saturated carbocycles. The molecule has 2 fully saturated rings. The van der Waals surface area contributed by atoms with Gasteiger partial charge in [0.05, 0.1) is 0 Å². The van der Waals surface area contributed by atoms with E-state index in [9.17, 15) is 9.59 Å². The van der Waals surface area contributed by atoms with Gasteiger partial charge in [0.2, 0.25) is 5.91 Å². The second-order valence-electron chi connectivity index (χ2n) is 8.49. The molecule has 166 valence electrons. The molecule has 4 heterocycles. The number of esters is 1. The number of piperidine rings is 1. The maximum Gasteiger partial charge on any atom is 0.349 e. The van der Waals surface area contributed by atoms with Crippen LogP contribution in [-0.2, 0) is 16.1 Å². The molecule has 0 radical (unpaired) electrons. The molecule has 2 aliphatic heterocycles. The fourth-order valence-electron chi connectivity index (χ4n) is 5.25. The van der Waals surface area contributed by atoms with Gasteiger partial charge in [0.1, 0.15) is 21.4 Å². The molecule has 3 unspecified atom stereocenters. The number of ether oxygens (including phenoxy) is 1. The predicted molar refractivity (Wildman–Crippen MR) is 127 cm³/mol. The van der Waals surface area contributed by atoms with Gasteiger partial charge in [-0.2, -0.15) is 0 Å². The van der Waals surface area contributed by atoms with Gasteiger partial charge < -0.3 is 10.5 Å². The van der Waals surface area contributed by atoms with Crippen LogP contribution in [0.3, 0.4) is 0 Å². The number of primary amides is 1. The Kier molecular flexibility index (Phi) is 5.69. The molecule has 2 bridgehead atoms. The Morgan fingerprint density at radius 1 is 1.28 bits per heavy atom. The van der Waals surface area contributed by atoms with Gasteiger partial charge >= 0.3 is 5.97 Å². The lowest BCUT2D eigenvalue weighted by Gasteiger charge is -2.45. The topological polar surface area (TPSA) is 85.5 Å². The van der Waals surface area contributed by atoms with Crippen molar-refractivity contribution in [3.05, 3.63) is 59.1 Å². The number of thioether (sulfide) groups is 1. The van der Waals surface area contributed by atoms with Crippen molar-refractivity contribution in [2.45, 2.75) is 54.8 Å². The van der Waals surface area contributed by atoms with Crippen molar-refractivity contribution in [1.29, 1.82) is 0 Å². The average molecular weight is 468 g/mol. The first-order valence-electron chi connectivity index (χ1n) is 10.7. The van der Waals surface area contributed by atoms with E-state index in [1.54, 1.807) is 6.20 Å². The zero-order valence-electron chi connectivity index (χ0n) is 17.8. The third-order valence-corrected chi connectivity index (χ3v) is 8.78. The number of rotatable bonds is 6. The Morgan fingerprint density at radius 3 is 2.84 bits per heavy atom. The van der Waals surface area contributed by atoms with Gasteiger partial charge in [-0.1, -0.05) is 30.3 Å². The van der Waals surface area contributed by atoms with Crippen LogP contribution < -0.4 is 5.73 Å². The van der Waals surface area contributed by atoms with Crippen molar-refractivity contribution >= 4 is 45.2 Å². The molecular formula is C24H25N3O3S2. The molecule has 0 spiro atoms. The van der Waals surface area contributed by atoms with Crippen LogP contribution in [0.5, 0.6) is 0 Å². The van der Waals surface area contributed by atoms with Gasteiger partial charge in [0.25, 0.3) is 0 Å². The van der Waals surface area contributed by atoms with Crippen molar-refractivity contribution in [2.24, 2.45) is 5.73 Å². The lowest BCUT2D eigenvalue weighted by Crippen LogP contribution is -2.60. The number of fused-ring (bicyclic) bond motifs is 3. The zero-order chi connectivity index (χ0) is 22.3. The van der Waals surface area contributed by atoms with E-state index < -0.39 is 5.54 Å². The van der Waals surface area contributed by atoms with E-state index in [4.69, 9.17) is 10.5 Å². The number of amides is 1. The molecule has 2 saturated heterocycles. The number of nitrogens with two attached hydrogens (primary N) is 1. The minimum atomic E-state index is -0.770. The number of thiophene rings is 1. The standard InChI is InChI=1S/C24H25N3O3S2/c1-31-19-18-8-5-11-26-21(18)32-20(19)22(28)30-17-12-16-9-10-24(13-17,23(25)29)27(16)14-15-6-3-2-4-7-15/h2-8,11,16-17H,9-10,12-14H2,1H3,(H2,25,29). The first kappa shape index (κ1) is 21.4. The largest absolute Gasteiger partial charge is 0.458 e. The van der Waals surface area contributed by atoms with Crippen LogP contribution in [0.15, 0.2) is 53.6 Å². The molecule has 8 heteroatoms. The quantitative estimate of drug-likeness (QED) is 0.431. The maximum atomic E-state index is 13.2. The Balaban J connectivity index is 1.38. The number of pyridine rings is 1. The van der Waals surface area contributed by atoms with Crippen LogP contribution in [0, 0.1) is 0 Å². The third kappa shape index (κ3) is 3.60. The first-order valence-corrected chi connectivity index (χ1v) is 12.8. The van der Waals surface area contributed by atoms with Crippen LogP contribution in [-0.4, -0.2) is 45.7 Å². The van der Waals surface area contributed by atoms with Gasteiger partial charge in [-0.3, -0.25) is 9.69 Å². The number of carbonyl (C=O) groups is 2. The predicted octanol–water partition coefficient (Wildman–Crippen LogP) is 4.23. The third-order valence-electron chi connectivity index (χ3n) is 6.72. The van der Waals surface area contributed by atoms with Gasteiger partial charge in [0.15, 0.2) is 0 Å². The number of hydrogen-bond acceptors (Lipinski definition) is 7. The Morgan fingerprint density at radius 2 is 2.09 bits per heavy atom. The molecule has 1 aromatic carbocycles. The fourth-order valence-corrected chi connectivity index (χ4v) is 7.26. The van der Waals surface area contributed by atoms with Crippen LogP contribution in [0.2, 0.25) is 0 Å². The van der Waals surface area contributed by atoms with Crippen molar-refractivity contribution in [3.8, 4) is 0 Å². The molecule has 6 nitrogen and oxygen atoms in total. The number of aromatic nitrogens is 1. The second kappa shape index (κ2) is 8.50. The van der Waals surface area contributed by atoms with Gasteiger partial charge in [-0.05, 0) is 36.8 Å². The summed E-state index contributed by atoms with van der Waals surface area (Å²) in [4.78, 5) is 34.8. The Hall–Kier alpha value is -2.42. The fraction of sp³-hybridized carbons (Fsp3) is 0.375. The summed E-state index contributed by atoms with van der Waals surface area (Å²) in [5.74, 6) is -0.662. The molecule has 5 rings (SSSR count). The van der Waals surface area contributed by atoms with Gasteiger partial charge in [0, 0.05) is 41.9 Å². The van der Waals surface area contributed by atoms with Crippen molar-refractivity contribution in [3.63, 3.8) is 0 Å². The molecule has 1 amide bonds. The highest BCUT2D eigenvalue weighted by atomic mass is 32.2. The van der Waals surface area contributed by atoms with E-state index in [1.165, 1.54) is 23.1 Å². The molecule has 0 aliphatic carbocycles. The molecule has 2 aliphatic rings. The Bertz CT molecular complexity index is 1170. The summed E-state index contributed by atoms with van der Waals surface area (Å²) < 4.78 is 6.00. The minimum Gasteiger partial charge on any atom is -0.458 e. The summed E-state index contributed by atoms with van der Waals surface area (Å²) in [7, 11) is 0. The maximum absolute atomic E-state index is 13.2. The van der Waals surface area contributed by atoms with E-state index in [1.807, 2.05) is 36.6 Å². The van der Waals surface area contributed by atoms with Gasteiger partial charge in [-0.15, -0.1) is 23.1 Å². The summed E-state index contributed by atoms with van der Waals surface area (Å²) in [6.07, 6.45) is 6.09. The molecule has 32 heavy (non-hydrogen) atoms. The van der Waals surface area contributed by atoms with Crippen LogP contribution in [0.4, 0.5) is 0 Å². The minimum absolute atomic E-state index is 0.165. The van der Waals surface area contributed by atoms with E-state index >= 15 is 0 Å². The van der Waals surface area contributed by atoms with Crippen LogP contribution in [0.25, 0.3) is 10.2 Å². The zero-order valence-corrected chi connectivity index (χ0v) is 19.5. The molecule has 2 N–H and O–H groups in total. The van der Waals surface area contributed by atoms with E-state index in [2.05, 4.69) is 22.0 Å². The van der Waals surface area contributed by atoms with E-state index in [-0.39, 0.29) is 24.0 Å². The molecule has 3 atom stereocenters. The monoisotopic (exact) mass is 467 g/mol. The summed E-state index contributed by atoms with van der Waals surface area (Å²) in [5, 5.41) is 0.975. The summed E-state index contributed by atoms with van der Waals surface area (Å²) in [5.41, 5.74) is 6.34. The van der Waals surface area contributed by atoms with Crippen molar-refractivity contribution < 1.29 is 14.3 Å². The summed E-state index contributed by atoms with van der Waals surface area (Å²) in [6, 6.07) is 14.2. The van der Waals surface area contributed by atoms with E-state index in [0.29, 0.717) is 30.7 Å². The highest BCUT2D eigenvalue weighted by Crippen LogP contribution is 2.46. The van der Waals surface area contributed by atoms with E-state index in [0.717, 1.165) is 27.1 Å². The van der Waals surface area contributed by atoms with Crippen molar-refractivity contribution in [2.75, 3.05) is 6.26 Å². The second-order valence-corrected chi connectivity index (χ2v) is 10.3. The number of carbonyl (C=O) groups excluding carboxylic acids is 2. The van der Waals surface area contributed by atoms with Gasteiger partial charge in [-0.25, -0.2) is 9.78 Å². The Labute approximate surface area is 195 Å². The van der Waals surface area contributed by atoms with Crippen LogP contribution >= 0.6 is 23.1 Å². The smallest absolute Gasteiger partial charge is 0.349 e. The summed E-state index contributed by atoms with van der Waals surface area (Å²) in [6.45, 7) is 0.674. The SMILES string of the molecule is CSc1c(C(=O)OC2CC3CCC(C(N)=O)(C2)N3Cc2ccccc2)sc2ncccc12. The number of benzene rings is 1. The lowest BCUT2D eigenvalue weighted by molar-refractivity contribution is -0.136. The molecule has 3 aromatic rings. The van der Waals surface area contributed by atoms with Crippen molar-refractivity contribution in [1.82, 2.24) is 9.88 Å². The number of hydrogen-bond donors (Lipinski definition) is 1. The lowest BCUT2D eigenvalue weighted by atomic mass is 9.85. The normalized spacial score (nSPS) is 25.2. The average Bonchev–Trinajstić information content (AvgIpc) is 3.27.